The molecule has 0 saturated heterocycles. The topological polar surface area (TPSA) is 43.1 Å². The predicted octanol–water partition coefficient (Wildman–Crippen LogP) is 4.26. The number of hydrogen-bond acceptors (Lipinski definition) is 2. The standard InChI is InChI=1S/C15H21Cl2NO/c1-15(2,8-9-18)7-6-11(19)10-12-13(16)4-3-5-14(12)17/h3-5H,6-10,18H2,1-2H3. The Morgan fingerprint density at radius 2 is 1.79 bits per heavy atom. The highest BCUT2D eigenvalue weighted by atomic mass is 35.5. The van der Waals surface area contributed by atoms with E-state index >= 15 is 0 Å². The number of ketones is 1. The number of rotatable bonds is 7. The second-order valence-corrected chi connectivity index (χ2v) is 6.43. The molecule has 2 N–H and O–H groups in total. The van der Waals surface area contributed by atoms with Gasteiger partial charge in [0.1, 0.15) is 5.78 Å². The molecule has 106 valence electrons. The van der Waals surface area contributed by atoms with Crippen molar-refractivity contribution in [2.75, 3.05) is 6.54 Å². The summed E-state index contributed by atoms with van der Waals surface area (Å²) in [5.74, 6) is 0.167. The molecule has 0 saturated carbocycles. The Kier molecular flexibility index (Phi) is 6.31. The minimum absolute atomic E-state index is 0.106. The van der Waals surface area contributed by atoms with Gasteiger partial charge in [0.2, 0.25) is 0 Å². The molecule has 0 heterocycles. The molecule has 2 nitrogen and oxygen atoms in total. The van der Waals surface area contributed by atoms with Crippen molar-refractivity contribution in [3.63, 3.8) is 0 Å². The number of benzene rings is 1. The van der Waals surface area contributed by atoms with E-state index in [1.54, 1.807) is 18.2 Å². The first-order chi connectivity index (χ1) is 8.85. The highest BCUT2D eigenvalue weighted by Gasteiger charge is 2.19. The highest BCUT2D eigenvalue weighted by Crippen LogP contribution is 2.28. The molecule has 0 aliphatic carbocycles. The summed E-state index contributed by atoms with van der Waals surface area (Å²) in [6, 6.07) is 5.30. The van der Waals surface area contributed by atoms with Gasteiger partial charge in [0.15, 0.2) is 0 Å². The number of hydrogen-bond donors (Lipinski definition) is 1. The van der Waals surface area contributed by atoms with Crippen molar-refractivity contribution in [3.8, 4) is 0 Å². The lowest BCUT2D eigenvalue weighted by atomic mass is 9.83. The van der Waals surface area contributed by atoms with Gasteiger partial charge in [0.05, 0.1) is 0 Å². The molecular weight excluding hydrogens is 281 g/mol. The number of halogens is 2. The molecule has 19 heavy (non-hydrogen) atoms. The van der Waals surface area contributed by atoms with Gasteiger partial charge in [-0.15, -0.1) is 0 Å². The van der Waals surface area contributed by atoms with Crippen LogP contribution in [0.4, 0.5) is 0 Å². The maximum Gasteiger partial charge on any atom is 0.137 e. The summed E-state index contributed by atoms with van der Waals surface area (Å²) in [7, 11) is 0. The molecule has 1 rings (SSSR count). The highest BCUT2D eigenvalue weighted by molar-refractivity contribution is 6.36. The number of Topliss-reactive ketones (excluding diaryl/α,β-unsaturated/α-hetero) is 1. The van der Waals surface area contributed by atoms with Gasteiger partial charge in [0.25, 0.3) is 0 Å². The Morgan fingerprint density at radius 3 is 2.32 bits per heavy atom. The summed E-state index contributed by atoms with van der Waals surface area (Å²) >= 11 is 12.1. The zero-order valence-electron chi connectivity index (χ0n) is 11.5. The molecule has 0 radical (unpaired) electrons. The summed E-state index contributed by atoms with van der Waals surface area (Å²) in [5.41, 5.74) is 6.40. The van der Waals surface area contributed by atoms with E-state index in [-0.39, 0.29) is 11.2 Å². The molecule has 0 atom stereocenters. The largest absolute Gasteiger partial charge is 0.330 e. The van der Waals surface area contributed by atoms with Crippen LogP contribution in [0.25, 0.3) is 0 Å². The van der Waals surface area contributed by atoms with E-state index < -0.39 is 0 Å². The molecule has 0 unspecified atom stereocenters. The van der Waals surface area contributed by atoms with Crippen LogP contribution in [-0.2, 0) is 11.2 Å². The zero-order chi connectivity index (χ0) is 14.5. The van der Waals surface area contributed by atoms with Crippen LogP contribution in [0.5, 0.6) is 0 Å². The van der Waals surface area contributed by atoms with Crippen molar-refractivity contribution >= 4 is 29.0 Å². The van der Waals surface area contributed by atoms with Gasteiger partial charge in [-0.3, -0.25) is 4.79 Å². The molecule has 0 aromatic heterocycles. The molecule has 1 aromatic rings. The van der Waals surface area contributed by atoms with Crippen molar-refractivity contribution in [2.24, 2.45) is 11.1 Å². The van der Waals surface area contributed by atoms with E-state index in [9.17, 15) is 4.79 Å². The van der Waals surface area contributed by atoms with E-state index in [4.69, 9.17) is 28.9 Å². The molecule has 0 bridgehead atoms. The molecule has 0 aliphatic rings. The van der Waals surface area contributed by atoms with Crippen LogP contribution < -0.4 is 5.73 Å². The summed E-state index contributed by atoms with van der Waals surface area (Å²) < 4.78 is 0. The van der Waals surface area contributed by atoms with Crippen LogP contribution in [0, 0.1) is 5.41 Å². The van der Waals surface area contributed by atoms with E-state index in [1.807, 2.05) is 0 Å². The fraction of sp³-hybridized carbons (Fsp3) is 0.533. The molecule has 4 heteroatoms. The monoisotopic (exact) mass is 301 g/mol. The van der Waals surface area contributed by atoms with Crippen LogP contribution in [0.15, 0.2) is 18.2 Å². The minimum Gasteiger partial charge on any atom is -0.330 e. The summed E-state index contributed by atoms with van der Waals surface area (Å²) in [4.78, 5) is 12.0. The first kappa shape index (κ1) is 16.5. The van der Waals surface area contributed by atoms with Crippen LogP contribution >= 0.6 is 23.2 Å². The van der Waals surface area contributed by atoms with Gasteiger partial charge < -0.3 is 5.73 Å². The van der Waals surface area contributed by atoms with Crippen molar-refractivity contribution in [1.29, 1.82) is 0 Å². The van der Waals surface area contributed by atoms with Crippen LogP contribution in [0.2, 0.25) is 10.0 Å². The Labute approximate surface area is 125 Å². The Balaban J connectivity index is 2.57. The normalized spacial score (nSPS) is 11.6. The smallest absolute Gasteiger partial charge is 0.137 e. The predicted molar refractivity (Wildman–Crippen MR) is 81.9 cm³/mol. The van der Waals surface area contributed by atoms with E-state index in [0.717, 1.165) is 18.4 Å². The summed E-state index contributed by atoms with van der Waals surface area (Å²) in [6.45, 7) is 4.92. The molecule has 0 amide bonds. The Bertz CT molecular complexity index is 424. The van der Waals surface area contributed by atoms with Crippen LogP contribution in [0.3, 0.4) is 0 Å². The van der Waals surface area contributed by atoms with Crippen molar-refractivity contribution in [3.05, 3.63) is 33.8 Å². The lowest BCUT2D eigenvalue weighted by Crippen LogP contribution is -2.19. The second kappa shape index (κ2) is 7.28. The lowest BCUT2D eigenvalue weighted by Gasteiger charge is -2.23. The Morgan fingerprint density at radius 1 is 1.21 bits per heavy atom. The summed E-state index contributed by atoms with van der Waals surface area (Å²) in [6.07, 6.45) is 2.60. The average molecular weight is 302 g/mol. The fourth-order valence-electron chi connectivity index (χ4n) is 1.98. The minimum atomic E-state index is 0.106. The van der Waals surface area contributed by atoms with E-state index in [0.29, 0.717) is 29.4 Å². The first-order valence-electron chi connectivity index (χ1n) is 6.50. The quantitative estimate of drug-likeness (QED) is 0.817. The van der Waals surface area contributed by atoms with Gasteiger partial charge in [-0.2, -0.15) is 0 Å². The third-order valence-corrected chi connectivity index (χ3v) is 4.05. The van der Waals surface area contributed by atoms with Crippen LogP contribution in [0.1, 0.15) is 38.7 Å². The van der Waals surface area contributed by atoms with E-state index in [1.165, 1.54) is 0 Å². The molecule has 0 fully saturated rings. The lowest BCUT2D eigenvalue weighted by molar-refractivity contribution is -0.119. The zero-order valence-corrected chi connectivity index (χ0v) is 13.0. The SMILES string of the molecule is CC(C)(CCN)CCC(=O)Cc1c(Cl)cccc1Cl. The van der Waals surface area contributed by atoms with Gasteiger partial charge in [-0.25, -0.2) is 0 Å². The summed E-state index contributed by atoms with van der Waals surface area (Å²) in [5, 5.41) is 1.11. The van der Waals surface area contributed by atoms with Gasteiger partial charge >= 0.3 is 0 Å². The maximum atomic E-state index is 12.0. The number of carbonyl (C=O) groups excluding carboxylic acids is 1. The number of nitrogens with two attached hydrogens (primary N) is 1. The second-order valence-electron chi connectivity index (χ2n) is 5.62. The van der Waals surface area contributed by atoms with Gasteiger partial charge in [-0.1, -0.05) is 43.1 Å². The Hall–Kier alpha value is -0.570. The fourth-order valence-corrected chi connectivity index (χ4v) is 2.51. The van der Waals surface area contributed by atoms with Crippen LogP contribution in [-0.4, -0.2) is 12.3 Å². The van der Waals surface area contributed by atoms with Crippen molar-refractivity contribution in [2.45, 2.75) is 39.5 Å². The van der Waals surface area contributed by atoms with Crippen molar-refractivity contribution < 1.29 is 4.79 Å². The molecule has 1 aromatic carbocycles. The molecular formula is C15H21Cl2NO. The molecule has 0 spiro atoms. The average Bonchev–Trinajstić information content (AvgIpc) is 2.32. The van der Waals surface area contributed by atoms with Gasteiger partial charge in [-0.05, 0) is 42.5 Å². The molecule has 0 aliphatic heterocycles. The third kappa shape index (κ3) is 5.52. The third-order valence-electron chi connectivity index (χ3n) is 3.34. The van der Waals surface area contributed by atoms with E-state index in [2.05, 4.69) is 13.8 Å². The first-order valence-corrected chi connectivity index (χ1v) is 7.26. The van der Waals surface area contributed by atoms with Crippen molar-refractivity contribution in [1.82, 2.24) is 0 Å². The maximum absolute atomic E-state index is 12.0. The number of carbonyl (C=O) groups is 1. The van der Waals surface area contributed by atoms with Gasteiger partial charge in [0, 0.05) is 22.9 Å².